The van der Waals surface area contributed by atoms with Crippen LogP contribution in [-0.4, -0.2) is 25.7 Å². The number of rotatable bonds is 6. The van der Waals surface area contributed by atoms with Crippen molar-refractivity contribution < 1.29 is 14.3 Å². The number of methoxy groups -OCH3 is 2. The highest BCUT2D eigenvalue weighted by molar-refractivity contribution is 5.79. The van der Waals surface area contributed by atoms with Gasteiger partial charge in [-0.3, -0.25) is 10.1 Å². The van der Waals surface area contributed by atoms with Crippen LogP contribution < -0.4 is 10.1 Å². The van der Waals surface area contributed by atoms with Crippen LogP contribution in [0.3, 0.4) is 0 Å². The third-order valence-corrected chi connectivity index (χ3v) is 3.16. The van der Waals surface area contributed by atoms with E-state index in [1.165, 1.54) is 7.11 Å². The smallest absolute Gasteiger partial charge is 0.325 e. The zero-order valence-corrected chi connectivity index (χ0v) is 12.4. The van der Waals surface area contributed by atoms with Gasteiger partial charge in [0.05, 0.1) is 14.2 Å². The highest BCUT2D eigenvalue weighted by atomic mass is 16.5. The Kier molecular flexibility index (Phi) is 5.36. The van der Waals surface area contributed by atoms with Gasteiger partial charge < -0.3 is 9.47 Å². The average Bonchev–Trinajstić information content (AvgIpc) is 2.43. The van der Waals surface area contributed by atoms with Gasteiger partial charge in [0.15, 0.2) is 0 Å². The molecular formula is C15H23NO3. The Labute approximate surface area is 115 Å². The quantitative estimate of drug-likeness (QED) is 0.802. The molecule has 0 saturated heterocycles. The predicted molar refractivity (Wildman–Crippen MR) is 75.3 cm³/mol. The van der Waals surface area contributed by atoms with Gasteiger partial charge in [-0.25, -0.2) is 0 Å². The first-order valence-corrected chi connectivity index (χ1v) is 6.43. The lowest BCUT2D eigenvalue weighted by Crippen LogP contribution is -2.46. The maximum absolute atomic E-state index is 11.6. The minimum absolute atomic E-state index is 0.267. The van der Waals surface area contributed by atoms with Crippen LogP contribution in [0.2, 0.25) is 0 Å². The van der Waals surface area contributed by atoms with Crippen LogP contribution in [0.25, 0.3) is 0 Å². The van der Waals surface area contributed by atoms with Gasteiger partial charge >= 0.3 is 5.97 Å². The standard InChI is InChI=1S/C15H23NO3/c1-6-12-9-11(7-8-13(12)18-4)10-16-15(2,3)14(17)19-5/h7-9,16H,6,10H2,1-5H3. The van der Waals surface area contributed by atoms with Crippen molar-refractivity contribution in [1.29, 1.82) is 0 Å². The highest BCUT2D eigenvalue weighted by Gasteiger charge is 2.27. The van der Waals surface area contributed by atoms with Gasteiger partial charge in [-0.15, -0.1) is 0 Å². The number of esters is 1. The minimum Gasteiger partial charge on any atom is -0.496 e. The van der Waals surface area contributed by atoms with Gasteiger partial charge in [0.1, 0.15) is 11.3 Å². The second-order valence-electron chi connectivity index (χ2n) is 4.97. The molecule has 1 aromatic rings. The van der Waals surface area contributed by atoms with Crippen molar-refractivity contribution in [1.82, 2.24) is 5.32 Å². The summed E-state index contributed by atoms with van der Waals surface area (Å²) >= 11 is 0. The van der Waals surface area contributed by atoms with Crippen molar-refractivity contribution in [3.63, 3.8) is 0 Å². The SMILES string of the molecule is CCc1cc(CNC(C)(C)C(=O)OC)ccc1OC. The lowest BCUT2D eigenvalue weighted by atomic mass is 10.0. The van der Waals surface area contributed by atoms with Crippen molar-refractivity contribution in [3.05, 3.63) is 29.3 Å². The van der Waals surface area contributed by atoms with Gasteiger partial charge in [0.25, 0.3) is 0 Å². The topological polar surface area (TPSA) is 47.6 Å². The number of benzene rings is 1. The fourth-order valence-corrected chi connectivity index (χ4v) is 1.87. The van der Waals surface area contributed by atoms with Crippen molar-refractivity contribution in [3.8, 4) is 5.75 Å². The first kappa shape index (κ1) is 15.5. The Hall–Kier alpha value is -1.55. The normalized spacial score (nSPS) is 11.2. The average molecular weight is 265 g/mol. The first-order valence-electron chi connectivity index (χ1n) is 6.43. The predicted octanol–water partition coefficient (Wildman–Crippen LogP) is 2.30. The minimum atomic E-state index is -0.693. The number of hydrogen-bond acceptors (Lipinski definition) is 4. The Bertz CT molecular complexity index is 441. The molecule has 0 saturated carbocycles. The molecule has 0 aliphatic rings. The molecule has 0 spiro atoms. The van der Waals surface area contributed by atoms with Gasteiger partial charge in [-0.05, 0) is 37.5 Å². The molecule has 0 aliphatic heterocycles. The molecule has 0 bridgehead atoms. The lowest BCUT2D eigenvalue weighted by Gasteiger charge is -2.23. The Morgan fingerprint density at radius 2 is 2.00 bits per heavy atom. The van der Waals surface area contributed by atoms with E-state index in [1.807, 2.05) is 26.0 Å². The van der Waals surface area contributed by atoms with E-state index in [2.05, 4.69) is 18.3 Å². The van der Waals surface area contributed by atoms with Crippen LogP contribution in [-0.2, 0) is 22.5 Å². The van der Waals surface area contributed by atoms with Crippen LogP contribution in [0, 0.1) is 0 Å². The number of hydrogen-bond donors (Lipinski definition) is 1. The maximum Gasteiger partial charge on any atom is 0.325 e. The summed E-state index contributed by atoms with van der Waals surface area (Å²) in [4.78, 5) is 11.6. The Morgan fingerprint density at radius 3 is 2.53 bits per heavy atom. The number of aryl methyl sites for hydroxylation is 1. The van der Waals surface area contributed by atoms with E-state index in [9.17, 15) is 4.79 Å². The molecule has 19 heavy (non-hydrogen) atoms. The summed E-state index contributed by atoms with van der Waals surface area (Å²) in [6.07, 6.45) is 0.914. The largest absolute Gasteiger partial charge is 0.496 e. The molecular weight excluding hydrogens is 242 g/mol. The molecule has 0 aliphatic carbocycles. The highest BCUT2D eigenvalue weighted by Crippen LogP contribution is 2.20. The van der Waals surface area contributed by atoms with Crippen LogP contribution >= 0.6 is 0 Å². The van der Waals surface area contributed by atoms with E-state index < -0.39 is 5.54 Å². The van der Waals surface area contributed by atoms with Crippen LogP contribution in [0.15, 0.2) is 18.2 Å². The maximum atomic E-state index is 11.6. The molecule has 1 N–H and O–H groups in total. The molecule has 1 rings (SSSR count). The molecule has 0 fully saturated rings. The van der Waals surface area contributed by atoms with E-state index in [1.54, 1.807) is 7.11 Å². The van der Waals surface area contributed by atoms with Crippen LogP contribution in [0.5, 0.6) is 5.75 Å². The van der Waals surface area contributed by atoms with Gasteiger partial charge in [-0.1, -0.05) is 19.1 Å². The molecule has 4 nitrogen and oxygen atoms in total. The molecule has 0 amide bonds. The molecule has 4 heteroatoms. The second-order valence-corrected chi connectivity index (χ2v) is 4.97. The Balaban J connectivity index is 2.76. The lowest BCUT2D eigenvalue weighted by molar-refractivity contribution is -0.147. The number of carbonyl (C=O) groups excluding carboxylic acids is 1. The third kappa shape index (κ3) is 3.96. The molecule has 106 valence electrons. The van der Waals surface area contributed by atoms with Crippen molar-refractivity contribution in [2.45, 2.75) is 39.3 Å². The van der Waals surface area contributed by atoms with E-state index in [4.69, 9.17) is 9.47 Å². The van der Waals surface area contributed by atoms with E-state index in [0.29, 0.717) is 6.54 Å². The van der Waals surface area contributed by atoms with Crippen LogP contribution in [0.4, 0.5) is 0 Å². The number of ether oxygens (including phenoxy) is 2. The molecule has 0 atom stereocenters. The summed E-state index contributed by atoms with van der Waals surface area (Å²) in [5.74, 6) is 0.634. The fourth-order valence-electron chi connectivity index (χ4n) is 1.87. The third-order valence-electron chi connectivity index (χ3n) is 3.16. The molecule has 0 aromatic heterocycles. The summed E-state index contributed by atoms with van der Waals surface area (Å²) in [5.41, 5.74) is 1.59. The zero-order valence-electron chi connectivity index (χ0n) is 12.4. The van der Waals surface area contributed by atoms with Gasteiger partial charge in [-0.2, -0.15) is 0 Å². The van der Waals surface area contributed by atoms with Crippen molar-refractivity contribution in [2.75, 3.05) is 14.2 Å². The summed E-state index contributed by atoms with van der Waals surface area (Å²) in [6, 6.07) is 6.05. The van der Waals surface area contributed by atoms with Crippen molar-refractivity contribution >= 4 is 5.97 Å². The van der Waals surface area contributed by atoms with E-state index in [-0.39, 0.29) is 5.97 Å². The van der Waals surface area contributed by atoms with E-state index >= 15 is 0 Å². The van der Waals surface area contributed by atoms with Crippen molar-refractivity contribution in [2.24, 2.45) is 0 Å². The Morgan fingerprint density at radius 1 is 1.32 bits per heavy atom. The summed E-state index contributed by atoms with van der Waals surface area (Å²) in [5, 5.41) is 3.20. The molecule has 0 unspecified atom stereocenters. The van der Waals surface area contributed by atoms with Crippen LogP contribution in [0.1, 0.15) is 31.9 Å². The van der Waals surface area contributed by atoms with E-state index in [0.717, 1.165) is 23.3 Å². The molecule has 0 heterocycles. The second kappa shape index (κ2) is 6.57. The van der Waals surface area contributed by atoms with Gasteiger partial charge in [0, 0.05) is 6.54 Å². The molecule has 0 radical (unpaired) electrons. The monoisotopic (exact) mass is 265 g/mol. The summed E-state index contributed by atoms with van der Waals surface area (Å²) < 4.78 is 10.1. The number of carbonyl (C=O) groups is 1. The fraction of sp³-hybridized carbons (Fsp3) is 0.533. The van der Waals surface area contributed by atoms with Gasteiger partial charge in [0.2, 0.25) is 0 Å². The summed E-state index contributed by atoms with van der Waals surface area (Å²) in [7, 11) is 3.07. The number of nitrogens with one attached hydrogen (secondary N) is 1. The molecule has 1 aromatic carbocycles. The zero-order chi connectivity index (χ0) is 14.5. The summed E-state index contributed by atoms with van der Waals surface area (Å²) in [6.45, 7) is 6.32. The first-order chi connectivity index (χ1) is 8.94.